The first-order valence-corrected chi connectivity index (χ1v) is 10.2. The molecular weight excluding hydrogens is 437 g/mol. The van der Waals surface area contributed by atoms with Crippen molar-refractivity contribution in [1.82, 2.24) is 4.90 Å². The second kappa shape index (κ2) is 6.96. The summed E-state index contributed by atoms with van der Waals surface area (Å²) in [5.74, 6) is -0.389. The van der Waals surface area contributed by atoms with Gasteiger partial charge in [0.1, 0.15) is 11.4 Å². The number of amides is 3. The zero-order valence-electron chi connectivity index (χ0n) is 16.1. The van der Waals surface area contributed by atoms with Gasteiger partial charge in [-0.15, -0.1) is 0 Å². The molecule has 0 N–H and O–H groups in total. The summed E-state index contributed by atoms with van der Waals surface area (Å²) >= 11 is 3.33. The molecule has 2 fully saturated rings. The van der Waals surface area contributed by atoms with E-state index in [9.17, 15) is 19.2 Å². The van der Waals surface area contributed by atoms with E-state index in [-0.39, 0.29) is 18.3 Å². The normalized spacial score (nSPS) is 18.3. The van der Waals surface area contributed by atoms with Crippen molar-refractivity contribution in [3.63, 3.8) is 0 Å². The van der Waals surface area contributed by atoms with Gasteiger partial charge in [0.05, 0.1) is 17.3 Å². The van der Waals surface area contributed by atoms with Crippen molar-refractivity contribution in [2.24, 2.45) is 0 Å². The average Bonchev–Trinajstić information content (AvgIpc) is 3.49. The van der Waals surface area contributed by atoms with Gasteiger partial charge in [-0.3, -0.25) is 4.79 Å². The van der Waals surface area contributed by atoms with E-state index in [0.717, 1.165) is 18.4 Å². The number of nitriles is 1. The molecule has 1 saturated heterocycles. The number of halogens is 2. The zero-order chi connectivity index (χ0) is 20.9. The Morgan fingerprint density at radius 2 is 1.93 bits per heavy atom. The number of benzene rings is 2. The molecule has 0 bridgehead atoms. The molecule has 1 saturated carbocycles. The third-order valence-electron chi connectivity index (χ3n) is 5.60. The summed E-state index contributed by atoms with van der Waals surface area (Å²) in [7, 11) is 0. The van der Waals surface area contributed by atoms with Crippen LogP contribution in [-0.4, -0.2) is 22.4 Å². The minimum atomic E-state index is -1.06. The fourth-order valence-electron chi connectivity index (χ4n) is 3.67. The van der Waals surface area contributed by atoms with Crippen LogP contribution in [0.4, 0.5) is 14.9 Å². The minimum Gasteiger partial charge on any atom is -0.305 e. The number of carbonyl (C=O) groups is 2. The van der Waals surface area contributed by atoms with Crippen LogP contribution < -0.4 is 4.90 Å². The number of urea groups is 1. The summed E-state index contributed by atoms with van der Waals surface area (Å²) in [5.41, 5.74) is 1.61. The first-order valence-electron chi connectivity index (χ1n) is 9.38. The van der Waals surface area contributed by atoms with Crippen LogP contribution in [0.1, 0.15) is 49.3 Å². The Bertz CT molecular complexity index is 1070. The van der Waals surface area contributed by atoms with Gasteiger partial charge in [0.25, 0.3) is 5.91 Å². The standard InChI is InChI=1S/C22H19BrFN3O2/c1-22(2)20(28)27(17-8-6-14(11-25)18(10-17)13-3-4-13)21(29)26(22)12-15-5-7-16(24)9-19(15)23/h5-10,13H,3-4,12H2,1-2H3. The first kappa shape index (κ1) is 19.6. The molecule has 0 unspecified atom stereocenters. The van der Waals surface area contributed by atoms with Crippen molar-refractivity contribution in [2.75, 3.05) is 4.90 Å². The average molecular weight is 456 g/mol. The Morgan fingerprint density at radius 3 is 2.55 bits per heavy atom. The highest BCUT2D eigenvalue weighted by molar-refractivity contribution is 9.10. The Morgan fingerprint density at radius 1 is 1.21 bits per heavy atom. The van der Waals surface area contributed by atoms with E-state index in [0.29, 0.717) is 27.2 Å². The van der Waals surface area contributed by atoms with E-state index in [1.54, 1.807) is 38.1 Å². The monoisotopic (exact) mass is 455 g/mol. The Balaban J connectivity index is 1.70. The van der Waals surface area contributed by atoms with Crippen LogP contribution in [0.2, 0.25) is 0 Å². The Labute approximate surface area is 176 Å². The maximum Gasteiger partial charge on any atom is 0.332 e. The fraction of sp³-hybridized carbons (Fsp3) is 0.318. The van der Waals surface area contributed by atoms with Crippen molar-refractivity contribution in [2.45, 2.75) is 44.7 Å². The lowest BCUT2D eigenvalue weighted by Crippen LogP contribution is -2.43. The Hall–Kier alpha value is -2.72. The lowest BCUT2D eigenvalue weighted by Gasteiger charge is -2.28. The summed E-state index contributed by atoms with van der Waals surface area (Å²) < 4.78 is 14.0. The Kier molecular flexibility index (Phi) is 4.70. The zero-order valence-corrected chi connectivity index (χ0v) is 17.7. The number of rotatable bonds is 4. The molecule has 1 aliphatic heterocycles. The number of imide groups is 1. The maximum atomic E-state index is 13.4. The molecule has 0 aromatic heterocycles. The van der Waals surface area contributed by atoms with Gasteiger partial charge in [-0.05, 0) is 74.1 Å². The topological polar surface area (TPSA) is 64.4 Å². The molecule has 29 heavy (non-hydrogen) atoms. The van der Waals surface area contributed by atoms with Crippen molar-refractivity contribution in [3.05, 3.63) is 63.4 Å². The molecule has 2 aliphatic rings. The molecular formula is C22H19BrFN3O2. The van der Waals surface area contributed by atoms with E-state index >= 15 is 0 Å². The number of hydrogen-bond acceptors (Lipinski definition) is 3. The van der Waals surface area contributed by atoms with E-state index in [1.165, 1.54) is 21.9 Å². The maximum absolute atomic E-state index is 13.4. The lowest BCUT2D eigenvalue weighted by atomic mass is 10.0. The third-order valence-corrected chi connectivity index (χ3v) is 6.34. The molecule has 2 aromatic rings. The van der Waals surface area contributed by atoms with Crippen LogP contribution in [0, 0.1) is 17.1 Å². The molecule has 3 amide bonds. The van der Waals surface area contributed by atoms with Gasteiger partial charge in [0.2, 0.25) is 0 Å². The smallest absolute Gasteiger partial charge is 0.305 e. The number of nitrogens with zero attached hydrogens (tertiary/aromatic N) is 3. The molecule has 4 rings (SSSR count). The number of carbonyl (C=O) groups excluding carboxylic acids is 2. The van der Waals surface area contributed by atoms with Crippen LogP contribution in [-0.2, 0) is 11.3 Å². The SMILES string of the molecule is CC1(C)C(=O)N(c2ccc(C#N)c(C3CC3)c2)C(=O)N1Cc1ccc(F)cc1Br. The van der Waals surface area contributed by atoms with Gasteiger partial charge in [-0.1, -0.05) is 22.0 Å². The van der Waals surface area contributed by atoms with Gasteiger partial charge in [-0.25, -0.2) is 14.1 Å². The lowest BCUT2D eigenvalue weighted by molar-refractivity contribution is -0.123. The molecule has 0 spiro atoms. The summed E-state index contributed by atoms with van der Waals surface area (Å²) in [6.07, 6.45) is 2.02. The molecule has 1 aliphatic carbocycles. The second-order valence-corrected chi connectivity index (χ2v) is 8.82. The molecule has 1 heterocycles. The van der Waals surface area contributed by atoms with Gasteiger partial charge in [0, 0.05) is 11.0 Å². The molecule has 0 radical (unpaired) electrons. The van der Waals surface area contributed by atoms with Gasteiger partial charge in [0.15, 0.2) is 0 Å². The predicted molar refractivity (Wildman–Crippen MR) is 110 cm³/mol. The number of anilines is 1. The number of hydrogen-bond donors (Lipinski definition) is 0. The fourth-order valence-corrected chi connectivity index (χ4v) is 4.15. The van der Waals surface area contributed by atoms with E-state index in [1.807, 2.05) is 0 Å². The van der Waals surface area contributed by atoms with Gasteiger partial charge < -0.3 is 4.90 Å². The van der Waals surface area contributed by atoms with Crippen LogP contribution in [0.15, 0.2) is 40.9 Å². The van der Waals surface area contributed by atoms with Gasteiger partial charge >= 0.3 is 6.03 Å². The van der Waals surface area contributed by atoms with Crippen molar-refractivity contribution < 1.29 is 14.0 Å². The van der Waals surface area contributed by atoms with Crippen LogP contribution in [0.3, 0.4) is 0 Å². The highest BCUT2D eigenvalue weighted by Crippen LogP contribution is 2.44. The highest BCUT2D eigenvalue weighted by atomic mass is 79.9. The first-order chi connectivity index (χ1) is 13.7. The highest BCUT2D eigenvalue weighted by Gasteiger charge is 2.52. The van der Waals surface area contributed by atoms with Crippen molar-refractivity contribution >= 4 is 33.6 Å². The van der Waals surface area contributed by atoms with E-state index in [4.69, 9.17) is 0 Å². The summed E-state index contributed by atoms with van der Waals surface area (Å²) in [5, 5.41) is 9.35. The molecule has 2 aromatic carbocycles. The van der Waals surface area contributed by atoms with Crippen LogP contribution >= 0.6 is 15.9 Å². The summed E-state index contributed by atoms with van der Waals surface area (Å²) in [6.45, 7) is 3.58. The molecule has 148 valence electrons. The molecule has 0 atom stereocenters. The summed E-state index contributed by atoms with van der Waals surface area (Å²) in [6, 6.07) is 11.1. The van der Waals surface area contributed by atoms with Crippen LogP contribution in [0.5, 0.6) is 0 Å². The quantitative estimate of drug-likeness (QED) is 0.603. The van der Waals surface area contributed by atoms with Crippen molar-refractivity contribution in [3.8, 4) is 6.07 Å². The van der Waals surface area contributed by atoms with E-state index in [2.05, 4.69) is 22.0 Å². The second-order valence-electron chi connectivity index (χ2n) is 7.96. The largest absolute Gasteiger partial charge is 0.332 e. The van der Waals surface area contributed by atoms with E-state index < -0.39 is 11.6 Å². The molecule has 7 heteroatoms. The van der Waals surface area contributed by atoms with Crippen molar-refractivity contribution in [1.29, 1.82) is 5.26 Å². The summed E-state index contributed by atoms with van der Waals surface area (Å²) in [4.78, 5) is 29.1. The molecule has 5 nitrogen and oxygen atoms in total. The van der Waals surface area contributed by atoms with Crippen LogP contribution in [0.25, 0.3) is 0 Å². The van der Waals surface area contributed by atoms with Gasteiger partial charge in [-0.2, -0.15) is 5.26 Å². The minimum absolute atomic E-state index is 0.167. The predicted octanol–water partition coefficient (Wildman–Crippen LogP) is 5.08. The third kappa shape index (κ3) is 3.32.